The van der Waals surface area contributed by atoms with Crippen LogP contribution < -0.4 is 0 Å². The van der Waals surface area contributed by atoms with Crippen LogP contribution in [0.5, 0.6) is 0 Å². The van der Waals surface area contributed by atoms with E-state index in [0.29, 0.717) is 6.10 Å². The molecule has 1 N–H and O–H groups in total. The van der Waals surface area contributed by atoms with Crippen LogP contribution in [-0.4, -0.2) is 17.8 Å². The van der Waals surface area contributed by atoms with Gasteiger partial charge in [0.15, 0.2) is 0 Å². The fourth-order valence-electron chi connectivity index (χ4n) is 1.84. The van der Waals surface area contributed by atoms with Gasteiger partial charge in [-0.15, -0.1) is 11.3 Å². The van der Waals surface area contributed by atoms with Crippen LogP contribution in [0.1, 0.15) is 36.7 Å². The maximum Gasteiger partial charge on any atom is 0.0882 e. The van der Waals surface area contributed by atoms with Crippen molar-refractivity contribution >= 4 is 11.3 Å². The predicted molar refractivity (Wildman–Crippen MR) is 57.5 cm³/mol. The molecule has 1 saturated heterocycles. The van der Waals surface area contributed by atoms with Crippen molar-refractivity contribution < 1.29 is 9.84 Å². The van der Waals surface area contributed by atoms with Gasteiger partial charge in [0.1, 0.15) is 0 Å². The molecule has 3 heteroatoms. The van der Waals surface area contributed by atoms with Gasteiger partial charge in [0.25, 0.3) is 0 Å². The van der Waals surface area contributed by atoms with E-state index in [2.05, 4.69) is 0 Å². The molecule has 0 aliphatic carbocycles. The fraction of sp³-hybridized carbons (Fsp3) is 0.636. The van der Waals surface area contributed by atoms with Crippen LogP contribution in [0.4, 0.5) is 0 Å². The molecule has 1 fully saturated rings. The Balaban J connectivity index is 1.74. The van der Waals surface area contributed by atoms with Crippen molar-refractivity contribution in [3.8, 4) is 0 Å². The molecule has 14 heavy (non-hydrogen) atoms. The summed E-state index contributed by atoms with van der Waals surface area (Å²) in [4.78, 5) is 1.07. The molecule has 0 aromatic carbocycles. The number of aliphatic hydroxyl groups excluding tert-OH is 1. The molecule has 0 saturated carbocycles. The van der Waals surface area contributed by atoms with Crippen LogP contribution in [0.3, 0.4) is 0 Å². The van der Waals surface area contributed by atoms with E-state index in [1.165, 1.54) is 6.42 Å². The minimum atomic E-state index is -0.292. The molecule has 0 amide bonds. The summed E-state index contributed by atoms with van der Waals surface area (Å²) in [6.07, 6.45) is 4.25. The Kier molecular flexibility index (Phi) is 3.56. The first-order valence-corrected chi connectivity index (χ1v) is 6.07. The zero-order valence-corrected chi connectivity index (χ0v) is 9.00. The molecule has 1 aromatic heterocycles. The Bertz CT molecular complexity index is 252. The van der Waals surface area contributed by atoms with E-state index >= 15 is 0 Å². The highest BCUT2D eigenvalue weighted by atomic mass is 32.1. The number of ether oxygens (including phenoxy) is 1. The minimum Gasteiger partial charge on any atom is -0.388 e. The highest BCUT2D eigenvalue weighted by Crippen LogP contribution is 2.26. The molecule has 2 nitrogen and oxygen atoms in total. The topological polar surface area (TPSA) is 29.5 Å². The van der Waals surface area contributed by atoms with Crippen molar-refractivity contribution in [2.45, 2.75) is 37.9 Å². The maximum absolute atomic E-state index is 9.82. The molecule has 78 valence electrons. The van der Waals surface area contributed by atoms with Crippen LogP contribution in [0.2, 0.25) is 0 Å². The van der Waals surface area contributed by atoms with Crippen molar-refractivity contribution in [1.29, 1.82) is 0 Å². The lowest BCUT2D eigenvalue weighted by molar-refractivity contribution is 0.0820. The van der Waals surface area contributed by atoms with Crippen LogP contribution in [-0.2, 0) is 4.74 Å². The quantitative estimate of drug-likeness (QED) is 0.831. The van der Waals surface area contributed by atoms with Crippen LogP contribution in [0.15, 0.2) is 17.5 Å². The number of hydrogen-bond acceptors (Lipinski definition) is 3. The van der Waals surface area contributed by atoms with Gasteiger partial charge in [0.2, 0.25) is 0 Å². The summed E-state index contributed by atoms with van der Waals surface area (Å²) in [5.74, 6) is 0. The Morgan fingerprint density at radius 2 is 2.57 bits per heavy atom. The van der Waals surface area contributed by atoms with Crippen molar-refractivity contribution in [3.05, 3.63) is 22.4 Å². The smallest absolute Gasteiger partial charge is 0.0882 e. The third kappa shape index (κ3) is 2.56. The second-order valence-corrected chi connectivity index (χ2v) is 4.72. The molecule has 2 heterocycles. The van der Waals surface area contributed by atoms with Gasteiger partial charge in [0, 0.05) is 11.5 Å². The van der Waals surface area contributed by atoms with Crippen molar-refractivity contribution in [2.24, 2.45) is 0 Å². The van der Waals surface area contributed by atoms with Crippen LogP contribution >= 0.6 is 11.3 Å². The predicted octanol–water partition coefficient (Wildman–Crippen LogP) is 2.74. The van der Waals surface area contributed by atoms with Gasteiger partial charge >= 0.3 is 0 Å². The Morgan fingerprint density at radius 3 is 3.21 bits per heavy atom. The van der Waals surface area contributed by atoms with Crippen LogP contribution in [0, 0.1) is 0 Å². The maximum atomic E-state index is 9.82. The number of aliphatic hydroxyl groups is 1. The van der Waals surface area contributed by atoms with E-state index in [0.717, 1.165) is 30.7 Å². The summed E-state index contributed by atoms with van der Waals surface area (Å²) in [5, 5.41) is 11.8. The highest BCUT2D eigenvalue weighted by molar-refractivity contribution is 7.10. The Hall–Kier alpha value is -0.380. The molecule has 2 rings (SSSR count). The summed E-state index contributed by atoms with van der Waals surface area (Å²) in [6.45, 7) is 0.903. The third-order valence-corrected chi connectivity index (χ3v) is 3.63. The lowest BCUT2D eigenvalue weighted by atomic mass is 10.1. The monoisotopic (exact) mass is 212 g/mol. The molecule has 0 bridgehead atoms. The first-order valence-electron chi connectivity index (χ1n) is 5.19. The van der Waals surface area contributed by atoms with Gasteiger partial charge in [-0.1, -0.05) is 6.07 Å². The lowest BCUT2D eigenvalue weighted by Gasteiger charge is -2.12. The van der Waals surface area contributed by atoms with E-state index in [-0.39, 0.29) is 6.10 Å². The Labute approximate surface area is 88.5 Å². The van der Waals surface area contributed by atoms with Crippen LogP contribution in [0.25, 0.3) is 0 Å². The number of rotatable bonds is 4. The number of hydrogen-bond donors (Lipinski definition) is 1. The molecule has 0 radical (unpaired) electrons. The Morgan fingerprint density at radius 1 is 1.64 bits per heavy atom. The van der Waals surface area contributed by atoms with Crippen molar-refractivity contribution in [3.63, 3.8) is 0 Å². The molecule has 1 aromatic rings. The average Bonchev–Trinajstić information content (AvgIpc) is 2.87. The van der Waals surface area contributed by atoms with Gasteiger partial charge in [-0.3, -0.25) is 0 Å². The summed E-state index contributed by atoms with van der Waals surface area (Å²) < 4.78 is 5.51. The largest absolute Gasteiger partial charge is 0.388 e. The first-order chi connectivity index (χ1) is 6.86. The summed E-state index contributed by atoms with van der Waals surface area (Å²) in [5.41, 5.74) is 0. The molecule has 1 aliphatic heterocycles. The van der Waals surface area contributed by atoms with Gasteiger partial charge in [-0.2, -0.15) is 0 Å². The van der Waals surface area contributed by atoms with Gasteiger partial charge in [0.05, 0.1) is 12.2 Å². The molecular weight excluding hydrogens is 196 g/mol. The lowest BCUT2D eigenvalue weighted by Crippen LogP contribution is -2.07. The highest BCUT2D eigenvalue weighted by Gasteiger charge is 2.17. The van der Waals surface area contributed by atoms with Crippen molar-refractivity contribution in [1.82, 2.24) is 0 Å². The molecule has 1 aliphatic rings. The van der Waals surface area contributed by atoms with E-state index in [1.54, 1.807) is 11.3 Å². The zero-order valence-electron chi connectivity index (χ0n) is 8.19. The molecule has 0 spiro atoms. The fourth-order valence-corrected chi connectivity index (χ4v) is 2.59. The third-order valence-electron chi connectivity index (χ3n) is 2.66. The average molecular weight is 212 g/mol. The van der Waals surface area contributed by atoms with Gasteiger partial charge in [-0.25, -0.2) is 0 Å². The van der Waals surface area contributed by atoms with Gasteiger partial charge < -0.3 is 9.84 Å². The molecule has 2 atom stereocenters. The van der Waals surface area contributed by atoms with Gasteiger partial charge in [-0.05, 0) is 37.1 Å². The summed E-state index contributed by atoms with van der Waals surface area (Å²) in [6, 6.07) is 3.97. The second kappa shape index (κ2) is 4.91. The normalized spacial score (nSPS) is 23.9. The van der Waals surface area contributed by atoms with E-state index in [9.17, 15) is 5.11 Å². The standard InChI is InChI=1S/C11H16O2S/c12-10(11-4-2-8-14-11)6-5-9-3-1-7-13-9/h2,4,8-10,12H,1,3,5-7H2. The van der Waals surface area contributed by atoms with E-state index in [1.807, 2.05) is 17.5 Å². The molecule has 2 unspecified atom stereocenters. The van der Waals surface area contributed by atoms with E-state index < -0.39 is 0 Å². The zero-order chi connectivity index (χ0) is 9.80. The van der Waals surface area contributed by atoms with Crippen molar-refractivity contribution in [2.75, 3.05) is 6.61 Å². The number of thiophene rings is 1. The first kappa shape index (κ1) is 10.1. The molecular formula is C11H16O2S. The second-order valence-electron chi connectivity index (χ2n) is 3.74. The minimum absolute atomic E-state index is 0.292. The summed E-state index contributed by atoms with van der Waals surface area (Å²) >= 11 is 1.62. The summed E-state index contributed by atoms with van der Waals surface area (Å²) in [7, 11) is 0. The SMILES string of the molecule is OC(CCC1CCCO1)c1cccs1. The van der Waals surface area contributed by atoms with E-state index in [4.69, 9.17) is 4.74 Å².